The van der Waals surface area contributed by atoms with Crippen molar-refractivity contribution in [3.05, 3.63) is 28.8 Å². The molecule has 3 N–H and O–H groups in total. The fourth-order valence-corrected chi connectivity index (χ4v) is 2.90. The maximum atomic E-state index is 9.20. The van der Waals surface area contributed by atoms with E-state index in [1.807, 2.05) is 18.2 Å². The van der Waals surface area contributed by atoms with Gasteiger partial charge in [-0.05, 0) is 36.6 Å². The summed E-state index contributed by atoms with van der Waals surface area (Å²) in [5.74, 6) is 0. The predicted molar refractivity (Wildman–Crippen MR) is 75.6 cm³/mol. The van der Waals surface area contributed by atoms with E-state index in [4.69, 9.17) is 17.3 Å². The molecule has 1 fully saturated rings. The van der Waals surface area contributed by atoms with Gasteiger partial charge in [-0.2, -0.15) is 0 Å². The Hall–Kier alpha value is -0.770. The quantitative estimate of drug-likeness (QED) is 0.808. The minimum atomic E-state index is 0.191. The van der Waals surface area contributed by atoms with Gasteiger partial charge in [0.05, 0.1) is 6.61 Å². The van der Waals surface area contributed by atoms with E-state index < -0.39 is 0 Å². The number of nitrogen functional groups attached to an aromatic ring is 1. The molecule has 0 amide bonds. The highest BCUT2D eigenvalue weighted by molar-refractivity contribution is 6.31. The Balaban J connectivity index is 2.09. The standard InChI is InChI=1S/C14H21ClN2O/c15-14-6-5-12(16)9-11(14)10-17(7-8-18)13-3-1-2-4-13/h5-6,9,13,18H,1-4,7-8,10,16H2. The first-order valence-corrected chi connectivity index (χ1v) is 6.97. The average molecular weight is 269 g/mol. The van der Waals surface area contributed by atoms with Gasteiger partial charge >= 0.3 is 0 Å². The van der Waals surface area contributed by atoms with Crippen LogP contribution in [0.5, 0.6) is 0 Å². The third-order valence-corrected chi connectivity index (χ3v) is 4.04. The molecule has 0 heterocycles. The zero-order valence-corrected chi connectivity index (χ0v) is 11.4. The van der Waals surface area contributed by atoms with Crippen molar-refractivity contribution < 1.29 is 5.11 Å². The molecule has 0 unspecified atom stereocenters. The summed E-state index contributed by atoms with van der Waals surface area (Å²) in [6.07, 6.45) is 5.02. The van der Waals surface area contributed by atoms with Crippen molar-refractivity contribution in [1.82, 2.24) is 4.90 Å². The maximum absolute atomic E-state index is 9.20. The second-order valence-electron chi connectivity index (χ2n) is 4.98. The van der Waals surface area contributed by atoms with Crippen LogP contribution in [0.2, 0.25) is 5.02 Å². The summed E-state index contributed by atoms with van der Waals surface area (Å²) in [6, 6.07) is 6.17. The molecule has 1 aromatic carbocycles. The molecule has 0 aliphatic heterocycles. The zero-order chi connectivity index (χ0) is 13.0. The lowest BCUT2D eigenvalue weighted by Crippen LogP contribution is -2.35. The van der Waals surface area contributed by atoms with Gasteiger partial charge in [0.2, 0.25) is 0 Å². The van der Waals surface area contributed by atoms with Crippen molar-refractivity contribution in [1.29, 1.82) is 0 Å². The van der Waals surface area contributed by atoms with Crippen LogP contribution in [0.1, 0.15) is 31.2 Å². The SMILES string of the molecule is Nc1ccc(Cl)c(CN(CCO)C2CCCC2)c1. The number of hydrogen-bond donors (Lipinski definition) is 2. The van der Waals surface area contributed by atoms with Crippen molar-refractivity contribution in [2.75, 3.05) is 18.9 Å². The number of aliphatic hydroxyl groups excluding tert-OH is 1. The minimum absolute atomic E-state index is 0.191. The van der Waals surface area contributed by atoms with Crippen LogP contribution >= 0.6 is 11.6 Å². The van der Waals surface area contributed by atoms with E-state index in [2.05, 4.69) is 4.90 Å². The first kappa shape index (κ1) is 13.7. The maximum Gasteiger partial charge on any atom is 0.0558 e. The molecule has 100 valence electrons. The summed E-state index contributed by atoms with van der Waals surface area (Å²) < 4.78 is 0. The number of benzene rings is 1. The predicted octanol–water partition coefficient (Wildman–Crippen LogP) is 2.66. The molecule has 1 saturated carbocycles. The van der Waals surface area contributed by atoms with Gasteiger partial charge in [0.15, 0.2) is 0 Å². The van der Waals surface area contributed by atoms with E-state index in [9.17, 15) is 5.11 Å². The smallest absolute Gasteiger partial charge is 0.0558 e. The normalized spacial score (nSPS) is 16.6. The van der Waals surface area contributed by atoms with E-state index in [0.29, 0.717) is 12.6 Å². The molecule has 0 atom stereocenters. The number of halogens is 1. The average Bonchev–Trinajstić information content (AvgIpc) is 2.87. The summed E-state index contributed by atoms with van der Waals surface area (Å²) in [6.45, 7) is 1.67. The zero-order valence-electron chi connectivity index (χ0n) is 10.6. The van der Waals surface area contributed by atoms with Crippen LogP contribution in [0, 0.1) is 0 Å². The number of rotatable bonds is 5. The van der Waals surface area contributed by atoms with Crippen LogP contribution in [0.25, 0.3) is 0 Å². The molecule has 18 heavy (non-hydrogen) atoms. The lowest BCUT2D eigenvalue weighted by molar-refractivity contribution is 0.145. The Morgan fingerprint density at radius 3 is 2.72 bits per heavy atom. The molecule has 0 saturated heterocycles. The van der Waals surface area contributed by atoms with Crippen LogP contribution < -0.4 is 5.73 Å². The Morgan fingerprint density at radius 1 is 1.33 bits per heavy atom. The van der Waals surface area contributed by atoms with E-state index in [-0.39, 0.29) is 6.61 Å². The second-order valence-corrected chi connectivity index (χ2v) is 5.39. The molecule has 4 heteroatoms. The highest BCUT2D eigenvalue weighted by atomic mass is 35.5. The molecule has 1 aliphatic carbocycles. The van der Waals surface area contributed by atoms with E-state index in [1.54, 1.807) is 0 Å². The highest BCUT2D eigenvalue weighted by Gasteiger charge is 2.22. The Bertz CT molecular complexity index is 391. The first-order valence-electron chi connectivity index (χ1n) is 6.59. The second kappa shape index (κ2) is 6.41. The van der Waals surface area contributed by atoms with Crippen LogP contribution in [-0.2, 0) is 6.54 Å². The molecule has 1 aromatic rings. The van der Waals surface area contributed by atoms with E-state index >= 15 is 0 Å². The Morgan fingerprint density at radius 2 is 2.06 bits per heavy atom. The topological polar surface area (TPSA) is 49.5 Å². The summed E-state index contributed by atoms with van der Waals surface area (Å²) in [4.78, 5) is 2.33. The van der Waals surface area contributed by atoms with Gasteiger partial charge in [-0.15, -0.1) is 0 Å². The van der Waals surface area contributed by atoms with Crippen LogP contribution in [0.4, 0.5) is 5.69 Å². The number of anilines is 1. The summed E-state index contributed by atoms with van der Waals surface area (Å²) in [5.41, 5.74) is 7.60. The van der Waals surface area contributed by atoms with E-state index in [1.165, 1.54) is 25.7 Å². The van der Waals surface area contributed by atoms with Crippen molar-refractivity contribution in [3.8, 4) is 0 Å². The molecule has 0 aromatic heterocycles. The van der Waals surface area contributed by atoms with Gasteiger partial charge in [-0.25, -0.2) is 0 Å². The largest absolute Gasteiger partial charge is 0.399 e. The van der Waals surface area contributed by atoms with E-state index in [0.717, 1.165) is 22.8 Å². The fourth-order valence-electron chi connectivity index (χ4n) is 2.72. The number of aliphatic hydroxyl groups is 1. The number of hydrogen-bond acceptors (Lipinski definition) is 3. The van der Waals surface area contributed by atoms with Crippen LogP contribution in [0.3, 0.4) is 0 Å². The van der Waals surface area contributed by atoms with Crippen molar-refractivity contribution in [2.24, 2.45) is 0 Å². The molecular formula is C14H21ClN2O. The summed E-state index contributed by atoms with van der Waals surface area (Å²) >= 11 is 6.20. The van der Waals surface area contributed by atoms with Gasteiger partial charge in [-0.1, -0.05) is 24.4 Å². The molecule has 0 radical (unpaired) electrons. The number of nitrogens with zero attached hydrogens (tertiary/aromatic N) is 1. The Labute approximate surface area is 114 Å². The summed E-state index contributed by atoms with van der Waals surface area (Å²) in [5, 5.41) is 9.95. The molecule has 3 nitrogen and oxygen atoms in total. The highest BCUT2D eigenvalue weighted by Crippen LogP contribution is 2.27. The lowest BCUT2D eigenvalue weighted by atomic mass is 10.1. The van der Waals surface area contributed by atoms with Gasteiger partial charge < -0.3 is 10.8 Å². The third-order valence-electron chi connectivity index (χ3n) is 3.67. The Kier molecular flexibility index (Phi) is 4.87. The minimum Gasteiger partial charge on any atom is -0.399 e. The monoisotopic (exact) mass is 268 g/mol. The first-order chi connectivity index (χ1) is 8.70. The summed E-state index contributed by atoms with van der Waals surface area (Å²) in [7, 11) is 0. The molecule has 1 aliphatic rings. The molecule has 0 bridgehead atoms. The molecular weight excluding hydrogens is 248 g/mol. The van der Waals surface area contributed by atoms with Crippen molar-refractivity contribution in [3.63, 3.8) is 0 Å². The molecule has 0 spiro atoms. The van der Waals surface area contributed by atoms with Crippen molar-refractivity contribution >= 4 is 17.3 Å². The number of nitrogens with two attached hydrogens (primary N) is 1. The fraction of sp³-hybridized carbons (Fsp3) is 0.571. The van der Waals surface area contributed by atoms with Crippen LogP contribution in [-0.4, -0.2) is 29.2 Å². The van der Waals surface area contributed by atoms with Gasteiger partial charge in [0.1, 0.15) is 0 Å². The van der Waals surface area contributed by atoms with Crippen LogP contribution in [0.15, 0.2) is 18.2 Å². The van der Waals surface area contributed by atoms with Gasteiger partial charge in [0, 0.05) is 29.8 Å². The molecule has 2 rings (SSSR count). The lowest BCUT2D eigenvalue weighted by Gasteiger charge is -2.28. The van der Waals surface area contributed by atoms with Gasteiger partial charge in [-0.3, -0.25) is 4.90 Å². The third kappa shape index (κ3) is 3.37. The van der Waals surface area contributed by atoms with Gasteiger partial charge in [0.25, 0.3) is 0 Å². The van der Waals surface area contributed by atoms with Crippen molar-refractivity contribution in [2.45, 2.75) is 38.3 Å².